The Kier molecular flexibility index (Phi) is 5.82. The van der Waals surface area contributed by atoms with E-state index in [1.54, 1.807) is 11.3 Å². The lowest BCUT2D eigenvalue weighted by Crippen LogP contribution is -2.41. The minimum absolute atomic E-state index is 0.0515. The molecule has 0 spiro atoms. The normalized spacial score (nSPS) is 11.8. The van der Waals surface area contributed by atoms with Gasteiger partial charge in [0.1, 0.15) is 14.2 Å². The van der Waals surface area contributed by atoms with Gasteiger partial charge in [0.05, 0.1) is 4.88 Å². The lowest BCUT2D eigenvalue weighted by atomic mass is 10.3. The van der Waals surface area contributed by atoms with Crippen LogP contribution in [0.3, 0.4) is 0 Å². The van der Waals surface area contributed by atoms with Crippen molar-refractivity contribution in [1.29, 1.82) is 0 Å². The molecule has 2 nitrogen and oxygen atoms in total. The second kappa shape index (κ2) is 8.33. The first-order chi connectivity index (χ1) is 13.5. The van der Waals surface area contributed by atoms with Gasteiger partial charge < -0.3 is 0 Å². The maximum Gasteiger partial charge on any atom is 0.299 e. The Balaban J connectivity index is 1.65. The number of hydrogen-bond donors (Lipinski definition) is 0. The van der Waals surface area contributed by atoms with E-state index in [1.165, 1.54) is 25.6 Å². The number of ketones is 1. The number of rotatable bonds is 7. The molecule has 140 valence electrons. The van der Waals surface area contributed by atoms with Crippen LogP contribution < -0.4 is 9.75 Å². The van der Waals surface area contributed by atoms with Gasteiger partial charge in [0.15, 0.2) is 0 Å². The van der Waals surface area contributed by atoms with E-state index in [4.69, 9.17) is 0 Å². The highest BCUT2D eigenvalue weighted by Crippen LogP contribution is 2.36. The zero-order valence-corrected chi connectivity index (χ0v) is 19.2. The SMILES string of the molecule is CC(C)([Si]c1ccccc1)Sc1sc2ccccc2[n+]1CC(=O)c1cccs1. The first-order valence-corrected chi connectivity index (χ1v) is 12.5. The Labute approximate surface area is 180 Å². The lowest BCUT2D eigenvalue weighted by Gasteiger charge is -2.20. The number of carbonyl (C=O) groups is 1. The molecule has 0 atom stereocenters. The number of carbonyl (C=O) groups excluding carboxylic acids is 1. The molecule has 0 saturated heterocycles. The van der Waals surface area contributed by atoms with Crippen LogP contribution in [0.25, 0.3) is 10.2 Å². The number of thiophene rings is 1. The van der Waals surface area contributed by atoms with Gasteiger partial charge in [-0.1, -0.05) is 78.9 Å². The Hall–Kier alpha value is -1.73. The number of para-hydroxylation sites is 1. The van der Waals surface area contributed by atoms with Gasteiger partial charge in [-0.3, -0.25) is 4.79 Å². The van der Waals surface area contributed by atoms with Crippen LogP contribution in [-0.4, -0.2) is 19.7 Å². The van der Waals surface area contributed by atoms with Crippen molar-refractivity contribution in [2.45, 2.75) is 29.1 Å². The first kappa shape index (κ1) is 19.6. The molecule has 28 heavy (non-hydrogen) atoms. The number of Topliss-reactive ketones (excluding diaryl/α,β-unsaturated/α-hetero) is 1. The van der Waals surface area contributed by atoms with Crippen LogP contribution in [0.4, 0.5) is 0 Å². The maximum absolute atomic E-state index is 12.8. The van der Waals surface area contributed by atoms with Gasteiger partial charge in [-0.05, 0) is 29.3 Å². The summed E-state index contributed by atoms with van der Waals surface area (Å²) < 4.78 is 4.67. The monoisotopic (exact) mass is 438 g/mol. The molecule has 0 aliphatic carbocycles. The molecular weight excluding hydrogens is 419 g/mol. The van der Waals surface area contributed by atoms with E-state index in [-0.39, 0.29) is 10.2 Å². The lowest BCUT2D eigenvalue weighted by molar-refractivity contribution is -0.688. The molecule has 6 heteroatoms. The number of thioether (sulfide) groups is 1. The average Bonchev–Trinajstić information content (AvgIpc) is 3.31. The van der Waals surface area contributed by atoms with Gasteiger partial charge in [0.25, 0.3) is 4.34 Å². The summed E-state index contributed by atoms with van der Waals surface area (Å²) in [7, 11) is 0.687. The third-order valence-corrected chi connectivity index (χ3v) is 9.35. The zero-order chi connectivity index (χ0) is 19.6. The van der Waals surface area contributed by atoms with E-state index in [2.05, 4.69) is 66.9 Å². The van der Waals surface area contributed by atoms with Crippen LogP contribution >= 0.6 is 34.4 Å². The molecular formula is C22H20NOS3Si+. The summed E-state index contributed by atoms with van der Waals surface area (Å²) in [5.41, 5.74) is 1.14. The van der Waals surface area contributed by atoms with Gasteiger partial charge in [-0.25, -0.2) is 0 Å². The van der Waals surface area contributed by atoms with Crippen molar-refractivity contribution in [3.8, 4) is 0 Å². The first-order valence-electron chi connectivity index (χ1n) is 9.02. The van der Waals surface area contributed by atoms with Crippen LogP contribution in [0.2, 0.25) is 0 Å². The predicted molar refractivity (Wildman–Crippen MR) is 122 cm³/mol. The fraction of sp³-hybridized carbons (Fsp3) is 0.182. The van der Waals surface area contributed by atoms with Gasteiger partial charge in [0, 0.05) is 10.4 Å². The van der Waals surface area contributed by atoms with Crippen molar-refractivity contribution in [2.75, 3.05) is 0 Å². The fourth-order valence-electron chi connectivity index (χ4n) is 3.01. The minimum atomic E-state index is 0.0515. The fourth-order valence-corrected chi connectivity index (χ4v) is 8.45. The van der Waals surface area contributed by atoms with Gasteiger partial charge in [0.2, 0.25) is 17.8 Å². The van der Waals surface area contributed by atoms with Gasteiger partial charge in [-0.2, -0.15) is 4.57 Å². The Morgan fingerprint density at radius 2 is 1.79 bits per heavy atom. The standard InChI is InChI=1S/C22H20NOS3Si/c1-22(2,28-16-9-4-3-5-10-16)27-21-23(15-18(24)20-13-8-14-25-20)17-11-6-7-12-19(17)26-21/h3-14H,15H2,1-2H3/q+1. The topological polar surface area (TPSA) is 20.9 Å². The quantitative estimate of drug-likeness (QED) is 0.175. The molecule has 2 aromatic carbocycles. The number of fused-ring (bicyclic) bond motifs is 1. The summed E-state index contributed by atoms with van der Waals surface area (Å²) in [5, 5.41) is 3.32. The van der Waals surface area contributed by atoms with E-state index in [1.807, 2.05) is 35.3 Å². The summed E-state index contributed by atoms with van der Waals surface area (Å²) in [4.78, 5) is 13.6. The molecule has 2 heterocycles. The highest BCUT2D eigenvalue weighted by atomic mass is 32.2. The third kappa shape index (κ3) is 4.46. The average molecular weight is 439 g/mol. The molecule has 0 unspecified atom stereocenters. The summed E-state index contributed by atoms with van der Waals surface area (Å²) in [6.45, 7) is 4.97. The third-order valence-electron chi connectivity index (χ3n) is 4.23. The molecule has 0 bridgehead atoms. The van der Waals surface area contributed by atoms with Crippen molar-refractivity contribution in [3.63, 3.8) is 0 Å². The summed E-state index contributed by atoms with van der Waals surface area (Å²) in [5.74, 6) is 0.175. The van der Waals surface area contributed by atoms with Crippen LogP contribution in [-0.2, 0) is 6.54 Å². The van der Waals surface area contributed by atoms with Crippen LogP contribution in [0.1, 0.15) is 23.5 Å². The second-order valence-corrected chi connectivity index (χ2v) is 13.2. The molecule has 0 amide bonds. The molecule has 0 N–H and O–H groups in total. The molecule has 4 rings (SSSR count). The van der Waals surface area contributed by atoms with Gasteiger partial charge >= 0.3 is 0 Å². The highest BCUT2D eigenvalue weighted by Gasteiger charge is 2.31. The molecule has 2 aromatic heterocycles. The molecule has 0 saturated carbocycles. The van der Waals surface area contributed by atoms with Crippen molar-refractivity contribution < 1.29 is 9.36 Å². The van der Waals surface area contributed by atoms with Gasteiger partial charge in [-0.15, -0.1) is 11.3 Å². The molecule has 2 radical (unpaired) electrons. The van der Waals surface area contributed by atoms with Crippen molar-refractivity contribution in [2.24, 2.45) is 0 Å². The summed E-state index contributed by atoms with van der Waals surface area (Å²) in [6, 6.07) is 22.9. The number of benzene rings is 2. The zero-order valence-electron chi connectivity index (χ0n) is 15.7. The van der Waals surface area contributed by atoms with E-state index in [0.29, 0.717) is 16.1 Å². The van der Waals surface area contributed by atoms with E-state index in [0.717, 1.165) is 10.4 Å². The highest BCUT2D eigenvalue weighted by molar-refractivity contribution is 8.03. The van der Waals surface area contributed by atoms with Crippen molar-refractivity contribution in [1.82, 2.24) is 0 Å². The predicted octanol–water partition coefficient (Wildman–Crippen LogP) is 4.99. The summed E-state index contributed by atoms with van der Waals surface area (Å²) in [6.07, 6.45) is 0. The maximum atomic E-state index is 12.8. The molecule has 0 fully saturated rings. The smallest absolute Gasteiger partial charge is 0.286 e. The van der Waals surface area contributed by atoms with Crippen molar-refractivity contribution >= 4 is 65.1 Å². The second-order valence-electron chi connectivity index (χ2n) is 6.93. The summed E-state index contributed by atoms with van der Waals surface area (Å²) >= 11 is 5.17. The number of aromatic nitrogens is 1. The van der Waals surface area contributed by atoms with Crippen LogP contribution in [0.15, 0.2) is 76.4 Å². The molecule has 0 aliphatic heterocycles. The number of thiazole rings is 1. The van der Waals surface area contributed by atoms with Crippen molar-refractivity contribution in [3.05, 3.63) is 77.0 Å². The number of nitrogens with zero attached hydrogens (tertiary/aromatic N) is 1. The molecule has 0 aliphatic rings. The van der Waals surface area contributed by atoms with E-state index >= 15 is 0 Å². The van der Waals surface area contributed by atoms with E-state index in [9.17, 15) is 4.79 Å². The largest absolute Gasteiger partial charge is 0.299 e. The number of hydrogen-bond acceptors (Lipinski definition) is 4. The van der Waals surface area contributed by atoms with Crippen LogP contribution in [0.5, 0.6) is 0 Å². The van der Waals surface area contributed by atoms with E-state index < -0.39 is 0 Å². The Morgan fingerprint density at radius 1 is 1.04 bits per heavy atom. The Bertz CT molecular complexity index is 1090. The van der Waals surface area contributed by atoms with Crippen LogP contribution in [0, 0.1) is 0 Å². The molecule has 4 aromatic rings. The Morgan fingerprint density at radius 3 is 2.54 bits per heavy atom. The minimum Gasteiger partial charge on any atom is -0.286 e.